The van der Waals surface area contributed by atoms with Crippen LogP contribution in [0.3, 0.4) is 0 Å². The van der Waals surface area contributed by atoms with Gasteiger partial charge in [-0.25, -0.2) is 0 Å². The van der Waals surface area contributed by atoms with Crippen LogP contribution in [0.25, 0.3) is 0 Å². The third-order valence-electron chi connectivity index (χ3n) is 3.19. The van der Waals surface area contributed by atoms with Crippen LogP contribution in [-0.2, 0) is 15.9 Å². The molecule has 1 rings (SSSR count). The molecular formula is C17H32IN3O3. The number of rotatable bonds is 12. The van der Waals surface area contributed by atoms with Gasteiger partial charge in [0.1, 0.15) is 5.76 Å². The van der Waals surface area contributed by atoms with Crippen molar-refractivity contribution in [3.05, 3.63) is 24.2 Å². The normalized spacial score (nSPS) is 11.4. The van der Waals surface area contributed by atoms with Crippen molar-refractivity contribution in [2.45, 2.75) is 26.7 Å². The molecule has 1 heterocycles. The second-order valence-corrected chi connectivity index (χ2v) is 5.70. The Kier molecular flexibility index (Phi) is 15.2. The lowest BCUT2D eigenvalue weighted by Gasteiger charge is -2.12. The molecule has 0 unspecified atom stereocenters. The lowest BCUT2D eigenvalue weighted by atomic mass is 10.1. The number of guanidine groups is 1. The van der Waals surface area contributed by atoms with Gasteiger partial charge in [0.25, 0.3) is 0 Å². The predicted octanol–water partition coefficient (Wildman–Crippen LogP) is 2.68. The molecule has 6 nitrogen and oxygen atoms in total. The van der Waals surface area contributed by atoms with E-state index < -0.39 is 0 Å². The van der Waals surface area contributed by atoms with Crippen molar-refractivity contribution in [1.29, 1.82) is 0 Å². The summed E-state index contributed by atoms with van der Waals surface area (Å²) in [6, 6.07) is 3.87. The predicted molar refractivity (Wildman–Crippen MR) is 108 cm³/mol. The maximum atomic E-state index is 5.58. The van der Waals surface area contributed by atoms with E-state index >= 15 is 0 Å². The summed E-state index contributed by atoms with van der Waals surface area (Å²) in [4.78, 5) is 4.51. The third-order valence-corrected chi connectivity index (χ3v) is 3.19. The lowest BCUT2D eigenvalue weighted by molar-refractivity contribution is 0.130. The summed E-state index contributed by atoms with van der Waals surface area (Å²) in [5.74, 6) is 2.42. The fraction of sp³-hybridized carbons (Fsp3) is 0.706. The highest BCUT2D eigenvalue weighted by Gasteiger charge is 2.00. The van der Waals surface area contributed by atoms with Crippen LogP contribution in [0.5, 0.6) is 0 Å². The van der Waals surface area contributed by atoms with Crippen molar-refractivity contribution in [3.8, 4) is 0 Å². The van der Waals surface area contributed by atoms with Gasteiger partial charge in [0.05, 0.1) is 26.0 Å². The van der Waals surface area contributed by atoms with Gasteiger partial charge in [-0.2, -0.15) is 0 Å². The Morgan fingerprint density at radius 2 is 2.00 bits per heavy atom. The maximum Gasteiger partial charge on any atom is 0.191 e. The van der Waals surface area contributed by atoms with Gasteiger partial charge < -0.3 is 24.5 Å². The Balaban J connectivity index is 0.00000529. The third kappa shape index (κ3) is 12.6. The van der Waals surface area contributed by atoms with Gasteiger partial charge in [0.2, 0.25) is 0 Å². The van der Waals surface area contributed by atoms with E-state index in [0.29, 0.717) is 25.7 Å². The summed E-state index contributed by atoms with van der Waals surface area (Å²) in [6.45, 7) is 8.60. The molecule has 0 aliphatic heterocycles. The smallest absolute Gasteiger partial charge is 0.191 e. The average Bonchev–Trinajstić information content (AvgIpc) is 3.03. The van der Waals surface area contributed by atoms with Crippen molar-refractivity contribution in [1.82, 2.24) is 10.6 Å². The first-order valence-electron chi connectivity index (χ1n) is 8.33. The van der Waals surface area contributed by atoms with E-state index in [-0.39, 0.29) is 24.0 Å². The Bertz CT molecular complexity index is 411. The van der Waals surface area contributed by atoms with E-state index in [1.54, 1.807) is 13.4 Å². The van der Waals surface area contributed by atoms with Crippen LogP contribution in [0.2, 0.25) is 0 Å². The number of nitrogens with one attached hydrogen (secondary N) is 2. The van der Waals surface area contributed by atoms with Gasteiger partial charge in [0.15, 0.2) is 5.96 Å². The Morgan fingerprint density at radius 1 is 1.21 bits per heavy atom. The minimum Gasteiger partial charge on any atom is -0.469 e. The Morgan fingerprint density at radius 3 is 2.67 bits per heavy atom. The van der Waals surface area contributed by atoms with Crippen molar-refractivity contribution in [2.75, 3.05) is 46.6 Å². The molecule has 140 valence electrons. The van der Waals surface area contributed by atoms with Gasteiger partial charge >= 0.3 is 0 Å². The minimum atomic E-state index is 0. The zero-order chi connectivity index (χ0) is 16.8. The molecule has 0 aliphatic rings. The first-order chi connectivity index (χ1) is 11.2. The first-order valence-corrected chi connectivity index (χ1v) is 8.33. The van der Waals surface area contributed by atoms with Crippen LogP contribution in [0.1, 0.15) is 26.0 Å². The summed E-state index contributed by atoms with van der Waals surface area (Å²) in [6.07, 6.45) is 3.60. The Hall–Kier alpha value is -0.800. The highest BCUT2D eigenvalue weighted by atomic mass is 127. The largest absolute Gasteiger partial charge is 0.469 e. The number of nitrogens with zero attached hydrogens (tertiary/aromatic N) is 1. The molecule has 0 amide bonds. The molecule has 1 aromatic heterocycles. The monoisotopic (exact) mass is 453 g/mol. The van der Waals surface area contributed by atoms with Crippen molar-refractivity contribution < 1.29 is 13.9 Å². The maximum absolute atomic E-state index is 5.58. The molecule has 0 aliphatic carbocycles. The Labute approximate surface area is 162 Å². The quantitative estimate of drug-likeness (QED) is 0.221. The van der Waals surface area contributed by atoms with Crippen LogP contribution >= 0.6 is 24.0 Å². The molecule has 0 spiro atoms. The average molecular weight is 453 g/mol. The minimum absolute atomic E-state index is 0. The fourth-order valence-electron chi connectivity index (χ4n) is 1.85. The molecule has 0 saturated carbocycles. The summed E-state index contributed by atoms with van der Waals surface area (Å²) < 4.78 is 16.0. The summed E-state index contributed by atoms with van der Waals surface area (Å²) in [5, 5.41) is 6.53. The second-order valence-electron chi connectivity index (χ2n) is 5.70. The van der Waals surface area contributed by atoms with Gasteiger partial charge in [-0.05, 0) is 24.5 Å². The van der Waals surface area contributed by atoms with Gasteiger partial charge in [0, 0.05) is 33.2 Å². The molecule has 1 aromatic rings. The highest BCUT2D eigenvalue weighted by Crippen LogP contribution is 1.99. The van der Waals surface area contributed by atoms with E-state index in [1.807, 2.05) is 12.1 Å². The van der Waals surface area contributed by atoms with Crippen LogP contribution in [0.4, 0.5) is 0 Å². The molecule has 0 saturated heterocycles. The van der Waals surface area contributed by atoms with Crippen molar-refractivity contribution >= 4 is 29.9 Å². The van der Waals surface area contributed by atoms with E-state index in [1.165, 1.54) is 0 Å². The van der Waals surface area contributed by atoms with Crippen LogP contribution in [0, 0.1) is 5.92 Å². The lowest BCUT2D eigenvalue weighted by Crippen LogP contribution is -2.40. The molecule has 7 heteroatoms. The van der Waals surface area contributed by atoms with E-state index in [9.17, 15) is 0 Å². The van der Waals surface area contributed by atoms with Gasteiger partial charge in [-0.3, -0.25) is 4.99 Å². The van der Waals surface area contributed by atoms with E-state index in [2.05, 4.69) is 29.5 Å². The topological polar surface area (TPSA) is 68.0 Å². The molecule has 0 radical (unpaired) electrons. The molecule has 2 N–H and O–H groups in total. The number of aliphatic imine (C=N–C) groups is 1. The molecule has 24 heavy (non-hydrogen) atoms. The zero-order valence-corrected chi connectivity index (χ0v) is 17.4. The molecule has 0 fully saturated rings. The summed E-state index contributed by atoms with van der Waals surface area (Å²) in [7, 11) is 1.69. The number of methoxy groups -OCH3 is 1. The first kappa shape index (κ1) is 23.2. The van der Waals surface area contributed by atoms with Gasteiger partial charge in [-0.1, -0.05) is 13.8 Å². The number of furan rings is 1. The van der Waals surface area contributed by atoms with Gasteiger partial charge in [-0.15, -0.1) is 24.0 Å². The highest BCUT2D eigenvalue weighted by molar-refractivity contribution is 14.0. The van der Waals surface area contributed by atoms with Crippen LogP contribution in [0.15, 0.2) is 27.8 Å². The zero-order valence-electron chi connectivity index (χ0n) is 15.0. The molecular weight excluding hydrogens is 421 g/mol. The van der Waals surface area contributed by atoms with Crippen LogP contribution in [-0.4, -0.2) is 52.5 Å². The van der Waals surface area contributed by atoms with E-state index in [4.69, 9.17) is 13.9 Å². The van der Waals surface area contributed by atoms with Crippen molar-refractivity contribution in [3.63, 3.8) is 0 Å². The number of hydrogen-bond donors (Lipinski definition) is 2. The van der Waals surface area contributed by atoms with Crippen LogP contribution < -0.4 is 10.6 Å². The standard InChI is InChI=1S/C17H31N3O3.HI/c1-15(2)7-12-22-14-10-20-17(19-9-13-21-3)18-8-6-16-5-4-11-23-16;/h4-5,11,15H,6-10,12-14H2,1-3H3,(H2,18,19,20);1H. The second kappa shape index (κ2) is 15.7. The number of hydrogen-bond acceptors (Lipinski definition) is 4. The number of halogens is 1. The van der Waals surface area contributed by atoms with Crippen molar-refractivity contribution in [2.24, 2.45) is 10.9 Å². The SMILES string of the molecule is COCCNC(=NCCOCCC(C)C)NCCc1ccco1.I. The van der Waals surface area contributed by atoms with E-state index in [0.717, 1.165) is 44.3 Å². The molecule has 0 aromatic carbocycles. The summed E-state index contributed by atoms with van der Waals surface area (Å²) in [5.41, 5.74) is 0. The number of ether oxygens (including phenoxy) is 2. The molecule has 0 bridgehead atoms. The fourth-order valence-corrected chi connectivity index (χ4v) is 1.85. The summed E-state index contributed by atoms with van der Waals surface area (Å²) >= 11 is 0. The molecule has 0 atom stereocenters.